The van der Waals surface area contributed by atoms with E-state index in [1.165, 1.54) is 6.20 Å². The first-order valence-corrected chi connectivity index (χ1v) is 8.78. The number of amides is 1. The third-order valence-electron chi connectivity index (χ3n) is 4.92. The summed E-state index contributed by atoms with van der Waals surface area (Å²) in [6, 6.07) is 11.3. The van der Waals surface area contributed by atoms with Crippen LogP contribution in [0.5, 0.6) is 0 Å². The van der Waals surface area contributed by atoms with Crippen molar-refractivity contribution < 1.29 is 9.90 Å². The average molecular weight is 348 g/mol. The number of hydrogen-bond acceptors (Lipinski definition) is 5. The fourth-order valence-electron chi connectivity index (χ4n) is 3.38. The van der Waals surface area contributed by atoms with Crippen LogP contribution in [0.2, 0.25) is 0 Å². The lowest BCUT2D eigenvalue weighted by Gasteiger charge is -2.38. The smallest absolute Gasteiger partial charge is 0.271 e. The molecule has 26 heavy (non-hydrogen) atoms. The third kappa shape index (κ3) is 3.55. The minimum absolute atomic E-state index is 0.0541. The lowest BCUT2D eigenvalue weighted by molar-refractivity contribution is 0.0239. The molecule has 0 aliphatic heterocycles. The average Bonchev–Trinajstić information content (AvgIpc) is 2.65. The van der Waals surface area contributed by atoms with Gasteiger partial charge in [-0.1, -0.05) is 12.1 Å². The maximum atomic E-state index is 12.7. The summed E-state index contributed by atoms with van der Waals surface area (Å²) in [6.07, 6.45) is 6.86. The fraction of sp³-hybridized carbons (Fsp3) is 0.300. The molecule has 1 aliphatic carbocycles. The van der Waals surface area contributed by atoms with E-state index in [9.17, 15) is 9.90 Å². The van der Waals surface area contributed by atoms with Gasteiger partial charge in [0, 0.05) is 18.4 Å². The van der Waals surface area contributed by atoms with Crippen LogP contribution in [0.4, 0.5) is 0 Å². The molecule has 1 atom stereocenters. The summed E-state index contributed by atoms with van der Waals surface area (Å²) in [6.45, 7) is 0. The van der Waals surface area contributed by atoms with Gasteiger partial charge in [0.25, 0.3) is 5.91 Å². The Bertz CT molecular complexity index is 910. The number of pyridine rings is 1. The van der Waals surface area contributed by atoms with Crippen molar-refractivity contribution in [2.45, 2.75) is 31.4 Å². The standard InChI is InChI=1S/C20H20N4O2/c25-15-10-14(11-15)18(9-13-5-7-21-8-6-13)24-20(26)19-12-22-16-3-1-2-4-17(16)23-19/h1-8,12,14-15,18,25H,9-11H2,(H,24,26). The molecule has 1 aliphatic rings. The highest BCUT2D eigenvalue weighted by atomic mass is 16.3. The number of nitrogens with zero attached hydrogens (tertiary/aromatic N) is 3. The van der Waals surface area contributed by atoms with Gasteiger partial charge in [0.15, 0.2) is 0 Å². The number of hydrogen-bond donors (Lipinski definition) is 2. The molecule has 2 N–H and O–H groups in total. The maximum Gasteiger partial charge on any atom is 0.271 e. The van der Waals surface area contributed by atoms with Crippen molar-refractivity contribution in [1.82, 2.24) is 20.3 Å². The molecule has 4 rings (SSSR count). The maximum absolute atomic E-state index is 12.7. The molecule has 1 fully saturated rings. The molecule has 1 aromatic carbocycles. The van der Waals surface area contributed by atoms with Gasteiger partial charge in [-0.3, -0.25) is 14.8 Å². The van der Waals surface area contributed by atoms with Gasteiger partial charge < -0.3 is 10.4 Å². The van der Waals surface area contributed by atoms with Crippen LogP contribution in [0, 0.1) is 5.92 Å². The minimum atomic E-state index is -0.266. The first-order valence-electron chi connectivity index (χ1n) is 8.78. The van der Waals surface area contributed by atoms with Crippen LogP contribution in [-0.2, 0) is 6.42 Å². The van der Waals surface area contributed by atoms with Crippen molar-refractivity contribution in [3.05, 3.63) is 66.2 Å². The predicted molar refractivity (Wildman–Crippen MR) is 97.5 cm³/mol. The Morgan fingerprint density at radius 1 is 1.15 bits per heavy atom. The summed E-state index contributed by atoms with van der Waals surface area (Å²) >= 11 is 0. The largest absolute Gasteiger partial charge is 0.393 e. The Hall–Kier alpha value is -2.86. The fourth-order valence-corrected chi connectivity index (χ4v) is 3.38. The number of fused-ring (bicyclic) bond motifs is 1. The van der Waals surface area contributed by atoms with Gasteiger partial charge in [-0.25, -0.2) is 4.98 Å². The van der Waals surface area contributed by atoms with Crippen molar-refractivity contribution in [1.29, 1.82) is 0 Å². The monoisotopic (exact) mass is 348 g/mol. The van der Waals surface area contributed by atoms with E-state index in [0.29, 0.717) is 30.5 Å². The van der Waals surface area contributed by atoms with Crippen LogP contribution in [0.1, 0.15) is 28.9 Å². The molecule has 1 unspecified atom stereocenters. The zero-order valence-electron chi connectivity index (χ0n) is 14.2. The number of carbonyl (C=O) groups is 1. The van der Waals surface area contributed by atoms with Crippen LogP contribution in [0.3, 0.4) is 0 Å². The molecule has 0 bridgehead atoms. The molecular formula is C20H20N4O2. The Balaban J connectivity index is 1.52. The third-order valence-corrected chi connectivity index (χ3v) is 4.92. The lowest BCUT2D eigenvalue weighted by Crippen LogP contribution is -2.48. The van der Waals surface area contributed by atoms with E-state index in [0.717, 1.165) is 11.1 Å². The topological polar surface area (TPSA) is 88.0 Å². The summed E-state index contributed by atoms with van der Waals surface area (Å²) in [7, 11) is 0. The number of aliphatic hydroxyl groups is 1. The Morgan fingerprint density at radius 2 is 1.88 bits per heavy atom. The highest BCUT2D eigenvalue weighted by Crippen LogP contribution is 2.31. The summed E-state index contributed by atoms with van der Waals surface area (Å²) in [5, 5.41) is 12.8. The van der Waals surface area contributed by atoms with E-state index in [-0.39, 0.29) is 24.0 Å². The summed E-state index contributed by atoms with van der Waals surface area (Å²) in [4.78, 5) is 25.5. The van der Waals surface area contributed by atoms with Crippen molar-refractivity contribution in [2.24, 2.45) is 5.92 Å². The van der Waals surface area contributed by atoms with Crippen LogP contribution >= 0.6 is 0 Å². The predicted octanol–water partition coefficient (Wildman–Crippen LogP) is 2.14. The second kappa shape index (κ2) is 7.17. The van der Waals surface area contributed by atoms with Crippen LogP contribution in [-0.4, -0.2) is 38.1 Å². The molecule has 6 nitrogen and oxygen atoms in total. The number of rotatable bonds is 5. The molecule has 0 spiro atoms. The Kier molecular flexibility index (Phi) is 4.58. The first-order chi connectivity index (χ1) is 12.7. The van der Waals surface area contributed by atoms with Gasteiger partial charge >= 0.3 is 0 Å². The molecule has 0 saturated heterocycles. The van der Waals surface area contributed by atoms with E-state index < -0.39 is 0 Å². The second-order valence-corrected chi connectivity index (χ2v) is 6.77. The summed E-state index contributed by atoms with van der Waals surface area (Å²) in [5.41, 5.74) is 2.88. The van der Waals surface area contributed by atoms with Crippen LogP contribution < -0.4 is 5.32 Å². The number of benzene rings is 1. The number of para-hydroxylation sites is 2. The number of aliphatic hydroxyl groups excluding tert-OH is 1. The number of carbonyl (C=O) groups excluding carboxylic acids is 1. The van der Waals surface area contributed by atoms with Gasteiger partial charge in [-0.15, -0.1) is 0 Å². The SMILES string of the molecule is O=C(NC(Cc1ccncc1)C1CC(O)C1)c1cnc2ccccc2n1. The minimum Gasteiger partial charge on any atom is -0.393 e. The van der Waals surface area contributed by atoms with Crippen molar-refractivity contribution in [3.63, 3.8) is 0 Å². The molecule has 1 saturated carbocycles. The zero-order chi connectivity index (χ0) is 17.9. The first kappa shape index (κ1) is 16.6. The Labute approximate surface area is 151 Å². The van der Waals surface area contributed by atoms with E-state index in [1.807, 2.05) is 36.4 Å². The molecular weight excluding hydrogens is 328 g/mol. The van der Waals surface area contributed by atoms with Gasteiger partial charge in [0.1, 0.15) is 5.69 Å². The van der Waals surface area contributed by atoms with E-state index in [2.05, 4.69) is 20.3 Å². The van der Waals surface area contributed by atoms with Gasteiger partial charge in [0.2, 0.25) is 0 Å². The van der Waals surface area contributed by atoms with Crippen molar-refractivity contribution in [2.75, 3.05) is 0 Å². The zero-order valence-corrected chi connectivity index (χ0v) is 14.2. The van der Waals surface area contributed by atoms with Gasteiger partial charge in [0.05, 0.1) is 23.3 Å². The van der Waals surface area contributed by atoms with Crippen LogP contribution in [0.15, 0.2) is 55.0 Å². The molecule has 6 heteroatoms. The second-order valence-electron chi connectivity index (χ2n) is 6.77. The molecule has 132 valence electrons. The van der Waals surface area contributed by atoms with Crippen LogP contribution in [0.25, 0.3) is 11.0 Å². The van der Waals surface area contributed by atoms with Gasteiger partial charge in [-0.2, -0.15) is 0 Å². The highest BCUT2D eigenvalue weighted by molar-refractivity contribution is 5.94. The number of aromatic nitrogens is 3. The summed E-state index contributed by atoms with van der Waals surface area (Å²) in [5.74, 6) is 0.0271. The summed E-state index contributed by atoms with van der Waals surface area (Å²) < 4.78 is 0. The van der Waals surface area contributed by atoms with Crippen molar-refractivity contribution >= 4 is 16.9 Å². The highest BCUT2D eigenvalue weighted by Gasteiger charge is 2.35. The molecule has 2 heterocycles. The number of nitrogens with one attached hydrogen (secondary N) is 1. The molecule has 0 radical (unpaired) electrons. The quantitative estimate of drug-likeness (QED) is 0.737. The van der Waals surface area contributed by atoms with E-state index in [4.69, 9.17) is 0 Å². The lowest BCUT2D eigenvalue weighted by atomic mass is 9.75. The Morgan fingerprint density at radius 3 is 2.62 bits per heavy atom. The van der Waals surface area contributed by atoms with Gasteiger partial charge in [-0.05, 0) is 55.0 Å². The van der Waals surface area contributed by atoms with E-state index in [1.54, 1.807) is 12.4 Å². The molecule has 1 amide bonds. The normalized spacial score (nSPS) is 20.3. The van der Waals surface area contributed by atoms with Crippen molar-refractivity contribution in [3.8, 4) is 0 Å². The molecule has 3 aromatic rings. The molecule has 2 aromatic heterocycles. The van der Waals surface area contributed by atoms with E-state index >= 15 is 0 Å².